The first-order valence-corrected chi connectivity index (χ1v) is 12.6. The summed E-state index contributed by atoms with van der Waals surface area (Å²) in [5.41, 5.74) is 2.05. The van der Waals surface area contributed by atoms with Crippen LogP contribution in [0.4, 0.5) is 5.69 Å². The minimum absolute atomic E-state index is 0.452. The second kappa shape index (κ2) is 12.2. The predicted molar refractivity (Wildman–Crippen MR) is 136 cm³/mol. The van der Waals surface area contributed by atoms with Crippen molar-refractivity contribution < 1.29 is 9.47 Å². The molecular weight excluding hydrogens is 456 g/mol. The van der Waals surface area contributed by atoms with Gasteiger partial charge >= 0.3 is 0 Å². The third-order valence-electron chi connectivity index (χ3n) is 5.59. The molecule has 1 aliphatic rings. The fourth-order valence-electron chi connectivity index (χ4n) is 3.58. The summed E-state index contributed by atoms with van der Waals surface area (Å²) in [5.74, 6) is 1.70. The highest BCUT2D eigenvalue weighted by atomic mass is 35.5. The molecule has 0 bridgehead atoms. The monoisotopic (exact) mass is 486 g/mol. The number of benzene rings is 2. The molecule has 1 aromatic heterocycles. The average Bonchev–Trinajstić information content (AvgIpc) is 3.30. The van der Waals surface area contributed by atoms with Crippen LogP contribution in [0.5, 0.6) is 11.5 Å². The summed E-state index contributed by atoms with van der Waals surface area (Å²) in [4.78, 5) is 9.54. The summed E-state index contributed by atoms with van der Waals surface area (Å²) in [6.07, 6.45) is 1.05. The molecule has 2 aromatic carbocycles. The van der Waals surface area contributed by atoms with Crippen LogP contribution in [0.2, 0.25) is 5.02 Å². The Bertz CT molecular complexity index is 973. The van der Waals surface area contributed by atoms with E-state index < -0.39 is 0 Å². The van der Waals surface area contributed by atoms with Crippen LogP contribution in [0.25, 0.3) is 0 Å². The molecule has 1 fully saturated rings. The average molecular weight is 487 g/mol. The summed E-state index contributed by atoms with van der Waals surface area (Å²) in [5, 5.41) is 7.12. The lowest BCUT2D eigenvalue weighted by atomic mass is 10.3. The van der Waals surface area contributed by atoms with Crippen LogP contribution in [0.15, 0.2) is 53.9 Å². The van der Waals surface area contributed by atoms with E-state index in [1.54, 1.807) is 11.3 Å². The normalized spacial score (nSPS) is 14.8. The zero-order valence-electron chi connectivity index (χ0n) is 19.0. The van der Waals surface area contributed by atoms with Crippen LogP contribution < -0.4 is 14.8 Å². The van der Waals surface area contributed by atoms with Crippen molar-refractivity contribution in [2.75, 3.05) is 51.7 Å². The number of aromatic nitrogens is 1. The fourth-order valence-corrected chi connectivity index (χ4v) is 4.41. The Balaban J connectivity index is 1.13. The molecule has 1 aliphatic heterocycles. The minimum atomic E-state index is 0.452. The van der Waals surface area contributed by atoms with Gasteiger partial charge in [-0.15, -0.1) is 11.3 Å². The Morgan fingerprint density at radius 3 is 2.42 bits per heavy atom. The van der Waals surface area contributed by atoms with Crippen molar-refractivity contribution in [2.45, 2.75) is 19.6 Å². The number of halogens is 1. The SMILES string of the molecule is CN1CCN(CCCOc2ccc(NCc3csc(COc4ccc(Cl)cc4)n3)cc2)CC1. The molecule has 4 rings (SSSR count). The maximum absolute atomic E-state index is 5.91. The molecule has 3 aromatic rings. The molecule has 33 heavy (non-hydrogen) atoms. The van der Waals surface area contributed by atoms with Crippen molar-refractivity contribution in [3.63, 3.8) is 0 Å². The number of nitrogens with zero attached hydrogens (tertiary/aromatic N) is 3. The highest BCUT2D eigenvalue weighted by Crippen LogP contribution is 2.20. The second-order valence-electron chi connectivity index (χ2n) is 8.20. The van der Waals surface area contributed by atoms with E-state index in [4.69, 9.17) is 21.1 Å². The van der Waals surface area contributed by atoms with Gasteiger partial charge in [-0.25, -0.2) is 4.98 Å². The number of ether oxygens (including phenoxy) is 2. The molecule has 6 nitrogen and oxygen atoms in total. The Morgan fingerprint density at radius 2 is 1.67 bits per heavy atom. The van der Waals surface area contributed by atoms with E-state index in [0.29, 0.717) is 18.2 Å². The van der Waals surface area contributed by atoms with Gasteiger partial charge in [-0.2, -0.15) is 0 Å². The van der Waals surface area contributed by atoms with E-state index in [2.05, 4.69) is 32.5 Å². The quantitative estimate of drug-likeness (QED) is 0.385. The topological polar surface area (TPSA) is 49.9 Å². The van der Waals surface area contributed by atoms with Crippen LogP contribution in [-0.4, -0.2) is 61.2 Å². The summed E-state index contributed by atoms with van der Waals surface area (Å²) in [7, 11) is 2.19. The lowest BCUT2D eigenvalue weighted by Crippen LogP contribution is -2.44. The van der Waals surface area contributed by atoms with Gasteiger partial charge in [-0.3, -0.25) is 0 Å². The molecule has 0 aliphatic carbocycles. The van der Waals surface area contributed by atoms with E-state index in [0.717, 1.165) is 73.6 Å². The van der Waals surface area contributed by atoms with E-state index in [-0.39, 0.29) is 0 Å². The largest absolute Gasteiger partial charge is 0.494 e. The number of hydrogen-bond donors (Lipinski definition) is 1. The first-order valence-electron chi connectivity index (χ1n) is 11.3. The fraction of sp³-hybridized carbons (Fsp3) is 0.400. The molecule has 1 saturated heterocycles. The Labute approximate surface area is 205 Å². The molecule has 0 atom stereocenters. The van der Waals surface area contributed by atoms with Gasteiger partial charge in [0.1, 0.15) is 23.1 Å². The van der Waals surface area contributed by atoms with Gasteiger partial charge in [-0.05, 0) is 62.0 Å². The minimum Gasteiger partial charge on any atom is -0.494 e. The molecule has 2 heterocycles. The third-order valence-corrected chi connectivity index (χ3v) is 6.71. The summed E-state index contributed by atoms with van der Waals surface area (Å²) in [6, 6.07) is 15.5. The number of rotatable bonds is 11. The Morgan fingerprint density at radius 1 is 0.970 bits per heavy atom. The zero-order chi connectivity index (χ0) is 22.9. The number of thiazole rings is 1. The van der Waals surface area contributed by atoms with Crippen LogP contribution in [0.3, 0.4) is 0 Å². The molecule has 176 valence electrons. The highest BCUT2D eigenvalue weighted by Gasteiger charge is 2.12. The zero-order valence-corrected chi connectivity index (χ0v) is 20.6. The number of anilines is 1. The molecular formula is C25H31ClN4O2S. The lowest BCUT2D eigenvalue weighted by Gasteiger charge is -2.32. The van der Waals surface area contributed by atoms with Crippen molar-refractivity contribution in [1.29, 1.82) is 0 Å². The first kappa shape index (κ1) is 23.8. The Hall–Kier alpha value is -2.32. The van der Waals surface area contributed by atoms with Gasteiger partial charge < -0.3 is 24.6 Å². The molecule has 0 amide bonds. The third kappa shape index (κ3) is 7.89. The summed E-state index contributed by atoms with van der Waals surface area (Å²) in [6.45, 7) is 7.62. The predicted octanol–water partition coefficient (Wildman–Crippen LogP) is 5.00. The maximum atomic E-state index is 5.91. The first-order chi connectivity index (χ1) is 16.1. The second-order valence-corrected chi connectivity index (χ2v) is 9.58. The number of hydrogen-bond acceptors (Lipinski definition) is 7. The van der Waals surface area contributed by atoms with Crippen molar-refractivity contribution in [3.8, 4) is 11.5 Å². The van der Waals surface area contributed by atoms with E-state index in [9.17, 15) is 0 Å². The highest BCUT2D eigenvalue weighted by molar-refractivity contribution is 7.09. The van der Waals surface area contributed by atoms with Crippen molar-refractivity contribution in [2.24, 2.45) is 0 Å². The van der Waals surface area contributed by atoms with Crippen molar-refractivity contribution >= 4 is 28.6 Å². The molecule has 0 spiro atoms. The van der Waals surface area contributed by atoms with Crippen molar-refractivity contribution in [1.82, 2.24) is 14.8 Å². The van der Waals surface area contributed by atoms with E-state index >= 15 is 0 Å². The van der Waals surface area contributed by atoms with Gasteiger partial charge in [0, 0.05) is 48.8 Å². The van der Waals surface area contributed by atoms with Crippen LogP contribution >= 0.6 is 22.9 Å². The molecule has 0 saturated carbocycles. The van der Waals surface area contributed by atoms with Crippen LogP contribution in [0.1, 0.15) is 17.1 Å². The summed E-state index contributed by atoms with van der Waals surface area (Å²) >= 11 is 7.51. The van der Waals surface area contributed by atoms with Crippen LogP contribution in [-0.2, 0) is 13.2 Å². The molecule has 1 N–H and O–H groups in total. The van der Waals surface area contributed by atoms with E-state index in [1.165, 1.54) is 0 Å². The maximum Gasteiger partial charge on any atom is 0.140 e. The number of piperazine rings is 1. The van der Waals surface area contributed by atoms with Gasteiger partial charge in [0.15, 0.2) is 0 Å². The van der Waals surface area contributed by atoms with Crippen molar-refractivity contribution in [3.05, 3.63) is 69.6 Å². The van der Waals surface area contributed by atoms with E-state index in [1.807, 2.05) is 48.5 Å². The van der Waals surface area contributed by atoms with Crippen LogP contribution in [0, 0.1) is 0 Å². The molecule has 0 radical (unpaired) electrons. The van der Waals surface area contributed by atoms with Gasteiger partial charge in [0.05, 0.1) is 18.8 Å². The lowest BCUT2D eigenvalue weighted by molar-refractivity contribution is 0.145. The molecule has 0 unspecified atom stereocenters. The Kier molecular flexibility index (Phi) is 8.83. The summed E-state index contributed by atoms with van der Waals surface area (Å²) < 4.78 is 11.7. The molecule has 8 heteroatoms. The smallest absolute Gasteiger partial charge is 0.140 e. The van der Waals surface area contributed by atoms with Gasteiger partial charge in [0.25, 0.3) is 0 Å². The number of likely N-dealkylation sites (N-methyl/N-ethyl adjacent to an activating group) is 1. The number of nitrogens with one attached hydrogen (secondary N) is 1. The van der Waals surface area contributed by atoms with Gasteiger partial charge in [0.2, 0.25) is 0 Å². The standard InChI is InChI=1S/C25H31ClN4O2S/c1-29-12-14-30(15-13-29)11-2-16-31-23-9-5-21(6-10-23)27-17-22-19-33-25(28-22)18-32-24-7-3-20(26)4-8-24/h3-10,19,27H,2,11-18H2,1H3. The van der Waals surface area contributed by atoms with Gasteiger partial charge in [-0.1, -0.05) is 11.6 Å².